The van der Waals surface area contributed by atoms with Crippen LogP contribution < -0.4 is 36.1 Å². The zero-order chi connectivity index (χ0) is 58.9. The van der Waals surface area contributed by atoms with Gasteiger partial charge in [-0.1, -0.05) is 38.1 Å². The minimum Gasteiger partial charge on any atom is -0.493 e. The summed E-state index contributed by atoms with van der Waals surface area (Å²) < 4.78 is 31.0. The molecule has 82 heavy (non-hydrogen) atoms. The molecule has 8 amide bonds. The average molecular weight is 1130 g/mol. The number of carbonyl (C=O) groups is 9. The average Bonchev–Trinajstić information content (AvgIpc) is 4.33. The Morgan fingerprint density at radius 1 is 0.744 bits per heavy atom. The summed E-state index contributed by atoms with van der Waals surface area (Å²) in [6.45, 7) is 9.39. The van der Waals surface area contributed by atoms with E-state index in [0.29, 0.717) is 59.9 Å². The minimum absolute atomic E-state index is 0.00290. The number of aliphatic imine (C=N–C) groups is 1. The molecule has 25 heteroatoms. The van der Waals surface area contributed by atoms with Crippen LogP contribution in [-0.2, 0) is 57.1 Å². The second kappa shape index (κ2) is 29.0. The number of fused-ring (bicyclic) bond motifs is 2. The number of aromatic nitrogens is 3. The van der Waals surface area contributed by atoms with Crippen LogP contribution in [0.4, 0.5) is 17.2 Å². The second-order valence-corrected chi connectivity index (χ2v) is 19.9. The zero-order valence-corrected chi connectivity index (χ0v) is 46.6. The van der Waals surface area contributed by atoms with Gasteiger partial charge < -0.3 is 64.3 Å². The first-order valence-corrected chi connectivity index (χ1v) is 26.9. The Balaban J connectivity index is 0.752. The second-order valence-electron chi connectivity index (χ2n) is 19.9. The van der Waals surface area contributed by atoms with Crippen LogP contribution >= 0.6 is 0 Å². The fraction of sp³-hybridized carbons (Fsp3) is 0.421. The largest absolute Gasteiger partial charge is 0.493 e. The van der Waals surface area contributed by atoms with Gasteiger partial charge in [0.05, 0.1) is 64.0 Å². The van der Waals surface area contributed by atoms with E-state index in [1.807, 2.05) is 0 Å². The molecule has 0 radical (unpaired) electrons. The first kappa shape index (κ1) is 60.7. The van der Waals surface area contributed by atoms with Gasteiger partial charge in [-0.15, -0.1) is 0 Å². The van der Waals surface area contributed by atoms with Crippen LogP contribution in [0.15, 0.2) is 84.2 Å². The van der Waals surface area contributed by atoms with Crippen molar-refractivity contribution in [2.45, 2.75) is 64.5 Å². The molecule has 5 heterocycles. The monoisotopic (exact) mass is 1130 g/mol. The summed E-state index contributed by atoms with van der Waals surface area (Å²) in [5.74, 6) is -2.75. The Hall–Kier alpha value is -8.97. The van der Waals surface area contributed by atoms with Crippen molar-refractivity contribution in [2.75, 3.05) is 83.6 Å². The first-order valence-electron chi connectivity index (χ1n) is 26.9. The number of nitrogens with zero attached hydrogens (tertiary/aromatic N) is 6. The molecule has 3 aliphatic heterocycles. The number of rotatable bonds is 30. The van der Waals surface area contributed by atoms with Gasteiger partial charge in [0.15, 0.2) is 17.3 Å². The molecule has 1 saturated heterocycles. The fourth-order valence-corrected chi connectivity index (χ4v) is 8.92. The lowest BCUT2D eigenvalue weighted by Gasteiger charge is -2.21. The summed E-state index contributed by atoms with van der Waals surface area (Å²) in [5.41, 5.74) is 4.28. The van der Waals surface area contributed by atoms with Gasteiger partial charge in [-0.25, -0.2) is 9.78 Å². The highest BCUT2D eigenvalue weighted by molar-refractivity contribution is 6.13. The van der Waals surface area contributed by atoms with E-state index in [1.54, 1.807) is 92.3 Å². The molecule has 436 valence electrons. The van der Waals surface area contributed by atoms with Crippen molar-refractivity contribution in [3.63, 3.8) is 0 Å². The third kappa shape index (κ3) is 16.6. The fourth-order valence-electron chi connectivity index (χ4n) is 8.92. The smallest absolute Gasteiger partial charge is 0.328 e. The molecule has 2 aromatic heterocycles. The number of amides is 8. The molecular weight excluding hydrogens is 1060 g/mol. The Bertz CT molecular complexity index is 3090. The van der Waals surface area contributed by atoms with Crippen molar-refractivity contribution in [1.29, 1.82) is 0 Å². The third-order valence-corrected chi connectivity index (χ3v) is 13.3. The summed E-state index contributed by atoms with van der Waals surface area (Å²) in [4.78, 5) is 125. The molecule has 0 aliphatic carbocycles. The maximum Gasteiger partial charge on any atom is 0.328 e. The number of carbonyl (C=O) groups excluding carboxylic acids is 9. The van der Waals surface area contributed by atoms with Crippen molar-refractivity contribution in [3.05, 3.63) is 96.2 Å². The summed E-state index contributed by atoms with van der Waals surface area (Å²) >= 11 is 0. The van der Waals surface area contributed by atoms with Crippen LogP contribution in [0.3, 0.4) is 0 Å². The number of imidazole rings is 1. The lowest BCUT2D eigenvalue weighted by molar-refractivity contribution is -0.149. The number of esters is 1. The molecular formula is C57H69N11O14. The predicted molar refractivity (Wildman–Crippen MR) is 300 cm³/mol. The number of methoxy groups -OCH3 is 1. The van der Waals surface area contributed by atoms with Gasteiger partial charge in [0, 0.05) is 108 Å². The SMILES string of the molecule is C=C1C[C@H]2C=Nc3cc(OCCCC(=O)Nc4cn(C)c(C(=O)Nc5ccc(-c6cc(C(=O)NCCCOC(=O)C(NC(=O)CCOCCOCCNC(=O)CCN7C(=O)C=CC7=O)C(C)C)n(C)c6)cc5)n4)c(OC)cc3C(=O)N2C1. The maximum absolute atomic E-state index is 13.3. The third-order valence-electron chi connectivity index (χ3n) is 13.3. The van der Waals surface area contributed by atoms with E-state index < -0.39 is 35.6 Å². The Morgan fingerprint density at radius 2 is 1.49 bits per heavy atom. The molecule has 25 nitrogen and oxygen atoms in total. The van der Waals surface area contributed by atoms with Crippen molar-refractivity contribution >= 4 is 76.6 Å². The van der Waals surface area contributed by atoms with Crippen LogP contribution in [0.25, 0.3) is 11.1 Å². The van der Waals surface area contributed by atoms with Gasteiger partial charge in [-0.2, -0.15) is 0 Å². The van der Waals surface area contributed by atoms with Crippen molar-refractivity contribution in [2.24, 2.45) is 25.0 Å². The summed E-state index contributed by atoms with van der Waals surface area (Å²) in [6, 6.07) is 11.0. The number of hydrogen-bond donors (Lipinski definition) is 5. The molecule has 0 spiro atoms. The molecule has 3 aliphatic rings. The standard InChI is InChI=1S/C57H69N11O14/c1-35(2)52(64-49(71)17-23-79-25-26-80-24-19-58-47(69)16-20-67-50(72)14-15-51(67)73)57(77)82-22-8-18-59-54(74)43-28-38(33-65(43)4)37-10-12-39(13-11-37)61-55(75)53-63-46(34-66(53)5)62-48(70)9-7-21-81-45-30-42-41(29-44(45)78-6)56(76)68-32-36(3)27-40(68)31-60-42/h10-15,28-31,33-35,40,52H,3,7-9,16-27,32H2,1-2,4-6H3,(H,58,69)(H,59,74)(H,61,75)(H,62,70)(H,64,71)/t40-,52?/m0/s1. The van der Waals surface area contributed by atoms with Gasteiger partial charge >= 0.3 is 5.97 Å². The highest BCUT2D eigenvalue weighted by atomic mass is 16.5. The molecule has 2 atom stereocenters. The number of nitrogens with one attached hydrogen (secondary N) is 5. The van der Waals surface area contributed by atoms with Gasteiger partial charge in [-0.05, 0) is 55.0 Å². The quantitative estimate of drug-likeness (QED) is 0.0216. The lowest BCUT2D eigenvalue weighted by atomic mass is 10.0. The maximum atomic E-state index is 13.3. The highest BCUT2D eigenvalue weighted by Gasteiger charge is 2.34. The molecule has 5 N–H and O–H groups in total. The minimum atomic E-state index is -0.890. The number of anilines is 2. The van der Waals surface area contributed by atoms with E-state index in [0.717, 1.165) is 33.8 Å². The molecule has 0 bridgehead atoms. The van der Waals surface area contributed by atoms with Crippen LogP contribution in [0, 0.1) is 5.92 Å². The number of imide groups is 1. The van der Waals surface area contributed by atoms with Gasteiger partial charge in [0.25, 0.3) is 29.5 Å². The van der Waals surface area contributed by atoms with Crippen LogP contribution in [0.2, 0.25) is 0 Å². The Morgan fingerprint density at radius 3 is 2.22 bits per heavy atom. The van der Waals surface area contributed by atoms with Crippen LogP contribution in [-0.4, -0.2) is 168 Å². The molecule has 7 rings (SSSR count). The number of aryl methyl sites for hydroxylation is 2. The molecule has 4 aromatic rings. The van der Waals surface area contributed by atoms with E-state index in [4.69, 9.17) is 23.7 Å². The van der Waals surface area contributed by atoms with Crippen molar-refractivity contribution < 1.29 is 66.8 Å². The number of hydrogen-bond acceptors (Lipinski definition) is 16. The van der Waals surface area contributed by atoms with E-state index in [9.17, 15) is 43.2 Å². The normalized spacial score (nSPS) is 14.8. The molecule has 2 aromatic carbocycles. The predicted octanol–water partition coefficient (Wildman–Crippen LogP) is 3.63. The van der Waals surface area contributed by atoms with Gasteiger partial charge in [-0.3, -0.25) is 48.2 Å². The topological polar surface area (TPSA) is 302 Å². The lowest BCUT2D eigenvalue weighted by Crippen LogP contribution is -2.45. The van der Waals surface area contributed by atoms with E-state index >= 15 is 0 Å². The Labute approximate surface area is 473 Å². The van der Waals surface area contributed by atoms with Gasteiger partial charge in [0.1, 0.15) is 11.7 Å². The van der Waals surface area contributed by atoms with Crippen LogP contribution in [0.1, 0.15) is 83.8 Å². The summed E-state index contributed by atoms with van der Waals surface area (Å²) in [7, 11) is 4.87. The molecule has 1 unspecified atom stereocenters. The van der Waals surface area contributed by atoms with Crippen LogP contribution in [0.5, 0.6) is 11.5 Å². The number of benzene rings is 2. The van der Waals surface area contributed by atoms with E-state index in [-0.39, 0.29) is 126 Å². The Kier molecular flexibility index (Phi) is 21.4. The van der Waals surface area contributed by atoms with Gasteiger partial charge in [0.2, 0.25) is 23.5 Å². The van der Waals surface area contributed by atoms with E-state index in [1.165, 1.54) is 17.9 Å². The van der Waals surface area contributed by atoms with E-state index in [2.05, 4.69) is 43.1 Å². The van der Waals surface area contributed by atoms with Crippen molar-refractivity contribution in [1.82, 2.24) is 39.9 Å². The zero-order valence-electron chi connectivity index (χ0n) is 46.6. The first-order chi connectivity index (χ1) is 39.4. The van der Waals surface area contributed by atoms with Crippen molar-refractivity contribution in [3.8, 4) is 22.6 Å². The number of ether oxygens (including phenoxy) is 5. The highest BCUT2D eigenvalue weighted by Crippen LogP contribution is 2.38. The molecule has 1 fully saturated rings. The summed E-state index contributed by atoms with van der Waals surface area (Å²) in [5, 5.41) is 13.7. The molecule has 0 saturated carbocycles. The summed E-state index contributed by atoms with van der Waals surface area (Å²) in [6.07, 6.45) is 8.83.